The fraction of sp³-hybridized carbons (Fsp3) is 0.870. The summed E-state index contributed by atoms with van der Waals surface area (Å²) in [5, 5.41) is 20.4. The van der Waals surface area contributed by atoms with E-state index in [9.17, 15) is 15.1 Å². The Hall–Kier alpha value is -0.910. The van der Waals surface area contributed by atoms with Gasteiger partial charge >= 0.3 is 0 Å². The molecule has 5 heteroatoms. The van der Waals surface area contributed by atoms with Crippen molar-refractivity contribution in [1.82, 2.24) is 0 Å². The molecule has 5 nitrogen and oxygen atoms in total. The largest absolute Gasteiger partial charge is 0.633 e. The van der Waals surface area contributed by atoms with Crippen LogP contribution in [-0.4, -0.2) is 42.4 Å². The first kappa shape index (κ1) is 29.3. The van der Waals surface area contributed by atoms with Crippen LogP contribution < -0.4 is 5.73 Å². The van der Waals surface area contributed by atoms with E-state index in [1.165, 1.54) is 38.5 Å². The number of nitrogens with two attached hydrogens (primary N) is 1. The molecule has 0 saturated carbocycles. The highest BCUT2D eigenvalue weighted by Gasteiger charge is 2.00. The molecule has 28 heavy (non-hydrogen) atoms. The molecule has 0 aromatic heterocycles. The lowest BCUT2D eigenvalue weighted by Gasteiger charge is -2.33. The van der Waals surface area contributed by atoms with Crippen LogP contribution in [0.5, 0.6) is 0 Å². The van der Waals surface area contributed by atoms with Crippen LogP contribution in [0, 0.1) is 5.21 Å². The van der Waals surface area contributed by atoms with Gasteiger partial charge in [0, 0.05) is 6.42 Å². The van der Waals surface area contributed by atoms with Crippen molar-refractivity contribution in [1.29, 1.82) is 0 Å². The first-order chi connectivity index (χ1) is 13.2. The number of nitrogens with zero attached hydrogens (tertiary/aromatic N) is 1. The highest BCUT2D eigenvalue weighted by Crippen LogP contribution is 2.10. The Kier molecular flexibility index (Phi) is 21.8. The van der Waals surface area contributed by atoms with E-state index < -0.39 is 0 Å². The van der Waals surface area contributed by atoms with Crippen molar-refractivity contribution in [2.45, 2.75) is 110 Å². The van der Waals surface area contributed by atoms with Crippen LogP contribution in [0.15, 0.2) is 12.2 Å². The molecule has 0 aliphatic rings. The zero-order valence-corrected chi connectivity index (χ0v) is 19.1. The van der Waals surface area contributed by atoms with E-state index in [0.717, 1.165) is 51.5 Å². The minimum atomic E-state index is -0.189. The van der Waals surface area contributed by atoms with Crippen LogP contribution in [0.3, 0.4) is 0 Å². The maximum atomic E-state index is 10.6. The Morgan fingerprint density at radius 2 is 1.57 bits per heavy atom. The molecule has 1 atom stereocenters. The number of hydroxylamine groups is 3. The van der Waals surface area contributed by atoms with Crippen molar-refractivity contribution in [3.8, 4) is 0 Å². The molecule has 0 aromatic carbocycles. The Bertz CT molecular complexity index is 365. The number of amides is 1. The highest BCUT2D eigenvalue weighted by atomic mass is 16.5. The van der Waals surface area contributed by atoms with E-state index in [4.69, 9.17) is 5.73 Å². The van der Waals surface area contributed by atoms with E-state index in [-0.39, 0.29) is 16.7 Å². The van der Waals surface area contributed by atoms with Gasteiger partial charge in [0.25, 0.3) is 0 Å². The zero-order valence-electron chi connectivity index (χ0n) is 19.1. The second-order valence-electron chi connectivity index (χ2n) is 8.28. The summed E-state index contributed by atoms with van der Waals surface area (Å²) in [5.74, 6) is -0.189. The molecule has 3 N–H and O–H groups in total. The number of primary amides is 1. The van der Waals surface area contributed by atoms with E-state index in [1.54, 1.807) is 14.1 Å². The van der Waals surface area contributed by atoms with Gasteiger partial charge in [-0.2, -0.15) is 0 Å². The molecule has 168 valence electrons. The quantitative estimate of drug-likeness (QED) is 0.147. The number of carbonyl (C=O) groups excluding carboxylic acids is 1. The first-order valence-electron chi connectivity index (χ1n) is 11.4. The molecular formula is C23H48N2O3. The highest BCUT2D eigenvalue weighted by molar-refractivity contribution is 5.73. The summed E-state index contributed by atoms with van der Waals surface area (Å²) in [6, 6.07) is 0. The number of hydrogen-bond donors (Lipinski definition) is 2. The Labute approximate surface area is 174 Å². The number of aliphatic hydroxyl groups is 1. The second-order valence-corrected chi connectivity index (χ2v) is 8.28. The fourth-order valence-electron chi connectivity index (χ4n) is 2.93. The van der Waals surface area contributed by atoms with Gasteiger partial charge in [0.2, 0.25) is 5.91 Å². The van der Waals surface area contributed by atoms with Crippen LogP contribution in [0.2, 0.25) is 0 Å². The molecule has 0 saturated heterocycles. The molecule has 0 fully saturated rings. The van der Waals surface area contributed by atoms with Crippen molar-refractivity contribution in [2.24, 2.45) is 5.73 Å². The van der Waals surface area contributed by atoms with Gasteiger partial charge in [0.15, 0.2) is 0 Å². The van der Waals surface area contributed by atoms with Crippen LogP contribution in [0.1, 0.15) is 104 Å². The number of allylic oxidation sites excluding steroid dienone is 1. The lowest BCUT2D eigenvalue weighted by Crippen LogP contribution is -2.32. The van der Waals surface area contributed by atoms with Crippen LogP contribution in [-0.2, 0) is 4.79 Å². The average molecular weight is 401 g/mol. The SMILES string of the molecule is CCCCCCC(O)C/C=C\CCCCCCCC(N)=O.CCC[N+](C)(C)[O-]. The van der Waals surface area contributed by atoms with Gasteiger partial charge in [-0.05, 0) is 38.5 Å². The number of hydrogen-bond acceptors (Lipinski definition) is 3. The lowest BCUT2D eigenvalue weighted by molar-refractivity contribution is -0.839. The van der Waals surface area contributed by atoms with Crippen LogP contribution >= 0.6 is 0 Å². The molecule has 0 aliphatic carbocycles. The minimum absolute atomic E-state index is 0.156. The van der Waals surface area contributed by atoms with Gasteiger partial charge in [0.1, 0.15) is 0 Å². The van der Waals surface area contributed by atoms with Gasteiger partial charge in [-0.1, -0.05) is 70.9 Å². The van der Waals surface area contributed by atoms with Crippen molar-refractivity contribution < 1.29 is 14.5 Å². The third kappa shape index (κ3) is 29.8. The van der Waals surface area contributed by atoms with Crippen molar-refractivity contribution >= 4 is 5.91 Å². The van der Waals surface area contributed by atoms with Crippen molar-refractivity contribution in [3.05, 3.63) is 17.4 Å². The van der Waals surface area contributed by atoms with E-state index in [2.05, 4.69) is 19.1 Å². The fourth-order valence-corrected chi connectivity index (χ4v) is 2.93. The zero-order chi connectivity index (χ0) is 21.7. The summed E-state index contributed by atoms with van der Waals surface area (Å²) in [4.78, 5) is 10.6. The van der Waals surface area contributed by atoms with Gasteiger partial charge in [-0.25, -0.2) is 0 Å². The summed E-state index contributed by atoms with van der Waals surface area (Å²) in [6.07, 6.45) is 19.0. The molecule has 1 unspecified atom stereocenters. The standard InChI is InChI=1S/C18H35NO2.C5H13NO/c1-2-3-4-11-14-17(20)15-12-9-7-5-6-8-10-13-16-18(19)21;1-4-5-6(2,3)7/h9,12,17,20H,2-8,10-11,13-16H2,1H3,(H2,19,21);4-5H2,1-3H3/b12-9-;. The summed E-state index contributed by atoms with van der Waals surface area (Å²) < 4.78 is -0.156. The smallest absolute Gasteiger partial charge is 0.217 e. The predicted octanol–water partition coefficient (Wildman–Crippen LogP) is 5.45. The summed E-state index contributed by atoms with van der Waals surface area (Å²) in [7, 11) is 3.31. The average Bonchev–Trinajstić information content (AvgIpc) is 2.59. The molecule has 0 radical (unpaired) electrons. The maximum absolute atomic E-state index is 10.6. The number of rotatable bonds is 17. The monoisotopic (exact) mass is 400 g/mol. The second kappa shape index (κ2) is 20.8. The molecule has 0 rings (SSSR count). The van der Waals surface area contributed by atoms with Gasteiger partial charge in [-0.15, -0.1) is 0 Å². The molecule has 1 amide bonds. The van der Waals surface area contributed by atoms with E-state index in [0.29, 0.717) is 6.42 Å². The van der Waals surface area contributed by atoms with Crippen LogP contribution in [0.4, 0.5) is 0 Å². The van der Waals surface area contributed by atoms with Gasteiger partial charge < -0.3 is 20.7 Å². The number of quaternary nitrogens is 1. The van der Waals surface area contributed by atoms with Crippen molar-refractivity contribution in [2.75, 3.05) is 20.6 Å². The van der Waals surface area contributed by atoms with E-state index >= 15 is 0 Å². The van der Waals surface area contributed by atoms with E-state index in [1.807, 2.05) is 6.92 Å². The Morgan fingerprint density at radius 1 is 0.964 bits per heavy atom. The van der Waals surface area contributed by atoms with Gasteiger partial charge in [0.05, 0.1) is 26.7 Å². The number of carbonyl (C=O) groups is 1. The molecular weight excluding hydrogens is 352 g/mol. The third-order valence-corrected chi connectivity index (χ3v) is 4.52. The minimum Gasteiger partial charge on any atom is -0.633 e. The lowest BCUT2D eigenvalue weighted by atomic mass is 10.1. The van der Waals surface area contributed by atoms with Gasteiger partial charge in [-0.3, -0.25) is 4.79 Å². The number of unbranched alkanes of at least 4 members (excludes halogenated alkanes) is 8. The summed E-state index contributed by atoms with van der Waals surface area (Å²) in [6.45, 7) is 4.94. The molecule has 0 aliphatic heterocycles. The van der Waals surface area contributed by atoms with Crippen LogP contribution in [0.25, 0.3) is 0 Å². The Balaban J connectivity index is 0. The predicted molar refractivity (Wildman–Crippen MR) is 121 cm³/mol. The van der Waals surface area contributed by atoms with Crippen molar-refractivity contribution in [3.63, 3.8) is 0 Å². The number of aliphatic hydroxyl groups excluding tert-OH is 1. The summed E-state index contributed by atoms with van der Waals surface area (Å²) >= 11 is 0. The molecule has 0 bridgehead atoms. The molecule has 0 spiro atoms. The maximum Gasteiger partial charge on any atom is 0.217 e. The molecule has 0 heterocycles. The topological polar surface area (TPSA) is 86.4 Å². The molecule has 0 aromatic rings. The normalized spacial score (nSPS) is 12.6. The Morgan fingerprint density at radius 3 is 2.11 bits per heavy atom. The summed E-state index contributed by atoms with van der Waals surface area (Å²) in [5.41, 5.74) is 5.09. The first-order valence-corrected chi connectivity index (χ1v) is 11.4. The third-order valence-electron chi connectivity index (χ3n) is 4.52.